The molecule has 2 aliphatic heterocycles. The van der Waals surface area contributed by atoms with Gasteiger partial charge in [0, 0.05) is 4.75 Å². The van der Waals surface area contributed by atoms with E-state index >= 15 is 0 Å². The minimum absolute atomic E-state index is 0.00220. The van der Waals surface area contributed by atoms with Gasteiger partial charge in [-0.05, 0) is 42.7 Å². The summed E-state index contributed by atoms with van der Waals surface area (Å²) in [4.78, 5) is 54.0. The average molecular weight is 590 g/mol. The van der Waals surface area contributed by atoms with Crippen molar-refractivity contribution in [1.29, 1.82) is 0 Å². The molecule has 42 heavy (non-hydrogen) atoms. The van der Waals surface area contributed by atoms with E-state index in [1.807, 2.05) is 62.4 Å². The lowest BCUT2D eigenvalue weighted by Crippen LogP contribution is -2.71. The van der Waals surface area contributed by atoms with Crippen LogP contribution < -0.4 is 10.6 Å². The smallest absolute Gasteiger partial charge is 0.408 e. The van der Waals surface area contributed by atoms with Crippen LogP contribution in [0.1, 0.15) is 36.6 Å². The molecular formula is C31H31N3O7S. The van der Waals surface area contributed by atoms with Crippen LogP contribution in [0.15, 0.2) is 84.9 Å². The molecule has 0 spiro atoms. The lowest BCUT2D eigenvalue weighted by molar-refractivity contribution is -0.165. The molecule has 3 N–H and O–H groups in total. The number of nitrogens with zero attached hydrogens (tertiary/aromatic N) is 1. The van der Waals surface area contributed by atoms with E-state index in [0.29, 0.717) is 5.56 Å². The molecule has 2 saturated heterocycles. The summed E-state index contributed by atoms with van der Waals surface area (Å²) < 4.78 is 10.2. The first-order chi connectivity index (χ1) is 20.1. The van der Waals surface area contributed by atoms with E-state index in [4.69, 9.17) is 9.47 Å². The van der Waals surface area contributed by atoms with Gasteiger partial charge in [-0.25, -0.2) is 9.59 Å². The molecule has 3 aromatic rings. The maximum absolute atomic E-state index is 13.5. The van der Waals surface area contributed by atoms with Crippen LogP contribution in [0.2, 0.25) is 0 Å². The molecule has 4 atom stereocenters. The van der Waals surface area contributed by atoms with Crippen LogP contribution in [0.3, 0.4) is 0 Å². The average Bonchev–Trinajstić information content (AvgIpc) is 3.25. The Hall–Kier alpha value is -4.51. The van der Waals surface area contributed by atoms with E-state index in [2.05, 4.69) is 10.6 Å². The van der Waals surface area contributed by atoms with Gasteiger partial charge in [0.2, 0.25) is 11.8 Å². The number of ether oxygens (including phenoxy) is 2. The number of phenolic OH excluding ortho intramolecular Hbond substituents is 1. The minimum atomic E-state index is -1.21. The number of carbonyl (C=O) groups excluding carboxylic acids is 4. The number of nitrogens with one attached hydrogen (secondary N) is 2. The van der Waals surface area contributed by atoms with Crippen molar-refractivity contribution in [3.05, 3.63) is 102 Å². The van der Waals surface area contributed by atoms with Gasteiger partial charge in [-0.1, -0.05) is 72.8 Å². The maximum atomic E-state index is 13.5. The van der Waals surface area contributed by atoms with E-state index in [1.165, 1.54) is 40.9 Å². The SMILES string of the molecule is CC1(C)S[C@@H]2[C@H](NC(=O)C(NC(=O)OCc3ccccc3)c3ccc(O)cc3)C(=O)N2[C@H]1C(=O)OCc1ccccc1. The highest BCUT2D eigenvalue weighted by atomic mass is 32.2. The first kappa shape index (κ1) is 29.0. The van der Waals surface area contributed by atoms with Gasteiger partial charge in [-0.3, -0.25) is 9.59 Å². The molecule has 0 radical (unpaired) electrons. The zero-order chi connectivity index (χ0) is 29.9. The molecule has 1 unspecified atom stereocenters. The number of fused-ring (bicyclic) bond motifs is 1. The maximum Gasteiger partial charge on any atom is 0.408 e. The molecule has 5 rings (SSSR count). The minimum Gasteiger partial charge on any atom is -0.508 e. The number of phenols is 1. The number of esters is 1. The first-order valence-corrected chi connectivity index (χ1v) is 14.3. The molecule has 2 fully saturated rings. The third kappa shape index (κ3) is 6.20. The van der Waals surface area contributed by atoms with Crippen molar-refractivity contribution >= 4 is 35.6 Å². The summed E-state index contributed by atoms with van der Waals surface area (Å²) in [5.41, 5.74) is 1.99. The zero-order valence-electron chi connectivity index (χ0n) is 23.1. The number of amides is 3. The highest BCUT2D eigenvalue weighted by Crippen LogP contribution is 2.51. The van der Waals surface area contributed by atoms with E-state index in [0.717, 1.165) is 11.1 Å². The molecule has 0 saturated carbocycles. The lowest BCUT2D eigenvalue weighted by atomic mass is 9.95. The van der Waals surface area contributed by atoms with Crippen molar-refractivity contribution in [1.82, 2.24) is 15.5 Å². The molecule has 218 valence electrons. The third-order valence-electron chi connectivity index (χ3n) is 7.15. The number of benzene rings is 3. The molecule has 11 heteroatoms. The Balaban J connectivity index is 1.25. The van der Waals surface area contributed by atoms with Crippen molar-refractivity contribution in [2.45, 2.75) is 55.3 Å². The number of alkyl carbamates (subject to hydrolysis) is 1. The Kier molecular flexibility index (Phi) is 8.39. The quantitative estimate of drug-likeness (QED) is 0.254. The summed E-state index contributed by atoms with van der Waals surface area (Å²) in [5, 5.41) is 14.5. The van der Waals surface area contributed by atoms with Crippen molar-refractivity contribution < 1.29 is 33.8 Å². The standard InChI is InChI=1S/C31H31N3O7S/c1-31(2)25(29(38)40-17-19-9-5-3-6-10-19)34-27(37)24(28(34)42-31)32-26(36)23(21-13-15-22(35)16-14-21)33-30(39)41-18-20-11-7-4-8-12-20/h3-16,23-25,28,35H,17-18H2,1-2H3,(H,32,36)(H,33,39)/t23?,24-,25+,28-/m1/s1. The fraction of sp³-hybridized carbons (Fsp3) is 0.290. The van der Waals surface area contributed by atoms with Crippen molar-refractivity contribution in [3.8, 4) is 5.75 Å². The molecular weight excluding hydrogens is 558 g/mol. The van der Waals surface area contributed by atoms with Crippen LogP contribution in [0, 0.1) is 0 Å². The topological polar surface area (TPSA) is 134 Å². The second kappa shape index (κ2) is 12.2. The van der Waals surface area contributed by atoms with Crippen LogP contribution in [0.25, 0.3) is 0 Å². The number of thioether (sulfide) groups is 1. The van der Waals surface area contributed by atoms with Crippen LogP contribution in [0.5, 0.6) is 5.75 Å². The predicted molar refractivity (Wildman–Crippen MR) is 155 cm³/mol. The largest absolute Gasteiger partial charge is 0.508 e. The number of hydrogen-bond acceptors (Lipinski definition) is 8. The Labute approximate surface area is 247 Å². The molecule has 3 aromatic carbocycles. The van der Waals surface area contributed by atoms with Crippen LogP contribution in [0.4, 0.5) is 4.79 Å². The van der Waals surface area contributed by atoms with E-state index in [1.54, 1.807) is 12.1 Å². The Morgan fingerprint density at radius 1 is 0.905 bits per heavy atom. The molecule has 2 aliphatic rings. The second-order valence-corrected chi connectivity index (χ2v) is 12.3. The van der Waals surface area contributed by atoms with Gasteiger partial charge in [0.15, 0.2) is 0 Å². The van der Waals surface area contributed by atoms with Gasteiger partial charge >= 0.3 is 12.1 Å². The Morgan fingerprint density at radius 2 is 1.48 bits per heavy atom. The van der Waals surface area contributed by atoms with Gasteiger partial charge < -0.3 is 30.1 Å². The first-order valence-electron chi connectivity index (χ1n) is 13.4. The van der Waals surface area contributed by atoms with Crippen molar-refractivity contribution in [2.24, 2.45) is 0 Å². The van der Waals surface area contributed by atoms with Gasteiger partial charge in [0.05, 0.1) is 0 Å². The highest BCUT2D eigenvalue weighted by Gasteiger charge is 2.64. The fourth-order valence-electron chi connectivity index (χ4n) is 5.02. The number of carbonyl (C=O) groups is 4. The van der Waals surface area contributed by atoms with Crippen molar-refractivity contribution in [3.63, 3.8) is 0 Å². The second-order valence-electron chi connectivity index (χ2n) is 10.6. The number of β-lactam (4-membered cyclic amide) rings is 1. The van der Waals surface area contributed by atoms with E-state index < -0.39 is 52.1 Å². The summed E-state index contributed by atoms with van der Waals surface area (Å²) in [6, 6.07) is 21.2. The third-order valence-corrected chi connectivity index (χ3v) is 8.72. The number of rotatable bonds is 9. The Morgan fingerprint density at radius 3 is 2.07 bits per heavy atom. The van der Waals surface area contributed by atoms with Crippen LogP contribution in [-0.4, -0.2) is 56.1 Å². The van der Waals surface area contributed by atoms with E-state index in [-0.39, 0.29) is 19.0 Å². The highest BCUT2D eigenvalue weighted by molar-refractivity contribution is 8.01. The summed E-state index contributed by atoms with van der Waals surface area (Å²) in [6.45, 7) is 3.81. The van der Waals surface area contributed by atoms with Gasteiger partial charge in [-0.15, -0.1) is 11.8 Å². The molecule has 3 amide bonds. The monoisotopic (exact) mass is 589 g/mol. The fourth-order valence-corrected chi connectivity index (χ4v) is 6.64. The zero-order valence-corrected chi connectivity index (χ0v) is 23.9. The number of hydrogen-bond donors (Lipinski definition) is 3. The van der Waals surface area contributed by atoms with Crippen LogP contribution in [-0.2, 0) is 37.1 Å². The molecule has 2 heterocycles. The Bertz CT molecular complexity index is 1450. The molecule has 0 bridgehead atoms. The molecule has 10 nitrogen and oxygen atoms in total. The predicted octanol–water partition coefficient (Wildman–Crippen LogP) is 3.65. The summed E-state index contributed by atoms with van der Waals surface area (Å²) >= 11 is 1.40. The van der Waals surface area contributed by atoms with Gasteiger partial charge in [-0.2, -0.15) is 0 Å². The normalized spacial score (nSPS) is 21.0. The number of aromatic hydroxyl groups is 1. The van der Waals surface area contributed by atoms with Crippen molar-refractivity contribution in [2.75, 3.05) is 0 Å². The summed E-state index contributed by atoms with van der Waals surface area (Å²) in [5.74, 6) is -1.57. The summed E-state index contributed by atoms with van der Waals surface area (Å²) in [6.07, 6.45) is -0.828. The molecule has 0 aromatic heterocycles. The lowest BCUT2D eigenvalue weighted by Gasteiger charge is -2.44. The van der Waals surface area contributed by atoms with Crippen LogP contribution >= 0.6 is 11.8 Å². The van der Waals surface area contributed by atoms with Gasteiger partial charge in [0.25, 0.3) is 0 Å². The molecule has 0 aliphatic carbocycles. The van der Waals surface area contributed by atoms with E-state index in [9.17, 15) is 24.3 Å². The van der Waals surface area contributed by atoms with Gasteiger partial charge in [0.1, 0.15) is 42.5 Å². The summed E-state index contributed by atoms with van der Waals surface area (Å²) in [7, 11) is 0.